The molecule has 8 heavy (non-hydrogen) atoms. The second-order valence-corrected chi connectivity index (χ2v) is 1.22. The minimum Gasteiger partial charge on any atom is -1.00 e. The van der Waals surface area contributed by atoms with Crippen molar-refractivity contribution in [1.82, 2.24) is 0 Å². The first kappa shape index (κ1) is 22.8. The van der Waals surface area contributed by atoms with Gasteiger partial charge in [-0.3, -0.25) is 8.42 Å². The van der Waals surface area contributed by atoms with Crippen LogP contribution in [-0.4, -0.2) is 17.5 Å². The van der Waals surface area contributed by atoms with Crippen LogP contribution in [0.3, 0.4) is 0 Å². The Balaban J connectivity index is -0.0000000267. The second-order valence-electron chi connectivity index (χ2n) is 0.408. The Morgan fingerprint density at radius 1 is 1.12 bits per heavy atom. The molecule has 4 nitrogen and oxygen atoms in total. The molecule has 0 bridgehead atoms. The van der Waals surface area contributed by atoms with E-state index in [1.165, 1.54) is 0 Å². The van der Waals surface area contributed by atoms with Crippen LogP contribution >= 0.6 is 0 Å². The molecule has 0 aliphatic carbocycles. The minimum absolute atomic E-state index is 0. The Morgan fingerprint density at radius 2 is 1.12 bits per heavy atom. The predicted molar refractivity (Wildman–Crippen MR) is 10.5 cm³/mol. The van der Waals surface area contributed by atoms with E-state index in [9.17, 15) is 0 Å². The predicted octanol–water partition coefficient (Wildman–Crippen LogP) is -7.33. The Morgan fingerprint density at radius 3 is 1.12 bits per heavy atom. The van der Waals surface area contributed by atoms with Crippen LogP contribution in [-0.2, 0) is 27.5 Å². The summed E-state index contributed by atoms with van der Waals surface area (Å²) in [5, 5.41) is 0. The van der Waals surface area contributed by atoms with Gasteiger partial charge in [-0.2, -0.15) is 0 Å². The molecule has 0 rings (SSSR count). The van der Waals surface area contributed by atoms with E-state index in [0.29, 0.717) is 0 Å². The maximum Gasteiger partial charge on any atom is 2.00 e. The first-order chi connectivity index (χ1) is 2.00. The molecule has 0 aromatic rings. The van der Waals surface area contributed by atoms with Gasteiger partial charge in [-0.15, -0.1) is 0 Å². The third kappa shape index (κ3) is 168. The van der Waals surface area contributed by atoms with Gasteiger partial charge < -0.3 is 13.8 Å². The summed E-state index contributed by atoms with van der Waals surface area (Å²) in [5.74, 6) is 0. The fraction of sp³-hybridized carbons (Fsp3) is 0. The van der Waals surface area contributed by atoms with Crippen molar-refractivity contribution in [2.24, 2.45) is 0 Å². The summed E-state index contributed by atoms with van der Waals surface area (Å²) in [6.45, 7) is 0. The van der Waals surface area contributed by atoms with Crippen LogP contribution in [0.1, 0.15) is 0 Å². The normalized spacial score (nSPS) is 7.25. The monoisotopic (exact) mass is 201 g/mol. The van der Waals surface area contributed by atoms with Gasteiger partial charge in [0.2, 0.25) is 0 Å². The van der Waals surface area contributed by atoms with Crippen molar-refractivity contribution in [3.63, 3.8) is 0 Å². The average molecular weight is 202 g/mol. The molecule has 0 aromatic heterocycles. The molecule has 0 amide bonds. The fourth-order valence-corrected chi connectivity index (χ4v) is 0. The van der Waals surface area contributed by atoms with E-state index in [-0.39, 0.29) is 51.3 Å². The third-order valence-corrected chi connectivity index (χ3v) is 0. The molecule has 0 unspecified atom stereocenters. The summed E-state index contributed by atoms with van der Waals surface area (Å²) in [5.41, 5.74) is 0. The average Bonchev–Trinajstić information content (AvgIpc) is 0.722. The van der Waals surface area contributed by atoms with Crippen molar-refractivity contribution in [3.8, 4) is 0 Å². The van der Waals surface area contributed by atoms with Gasteiger partial charge in [-0.1, -0.05) is 0 Å². The number of halogens is 1. The maximum absolute atomic E-state index is 8.52. The first-order valence-electron chi connectivity index (χ1n) is 0.667. The van der Waals surface area contributed by atoms with Crippen LogP contribution in [0, 0.1) is 0 Å². The standard InChI is InChI=1S/Cu.FH.Na.H2O4S/c;;;1-5(2,3)4/h;1H;;(H2,1,2,3,4)/q+2;;+1;/p-3. The van der Waals surface area contributed by atoms with Crippen LogP contribution in [0.2, 0.25) is 0 Å². The summed E-state index contributed by atoms with van der Waals surface area (Å²) >= 11 is 0. The zero-order chi connectivity index (χ0) is 4.50. The van der Waals surface area contributed by atoms with Crippen molar-refractivity contribution in [1.29, 1.82) is 0 Å². The summed E-state index contributed by atoms with van der Waals surface area (Å²) in [6, 6.07) is 0. The number of hydrogen-bond acceptors (Lipinski definition) is 4. The van der Waals surface area contributed by atoms with Crippen LogP contribution in [0.15, 0.2) is 0 Å². The third-order valence-electron chi connectivity index (χ3n) is 0. The molecule has 1 radical (unpaired) electrons. The maximum atomic E-state index is 8.52. The SMILES string of the molecule is O=S(=O)([O-])[O-].[Cu+2].[F-].[Na+]. The van der Waals surface area contributed by atoms with Crippen molar-refractivity contribution in [2.75, 3.05) is 0 Å². The molecule has 0 spiro atoms. The minimum atomic E-state index is -5.17. The van der Waals surface area contributed by atoms with Gasteiger partial charge in [0.1, 0.15) is 0 Å². The molecule has 0 aliphatic rings. The molecule has 0 aromatic carbocycles. The van der Waals surface area contributed by atoms with Gasteiger partial charge in [0, 0.05) is 10.4 Å². The Bertz CT molecular complexity index is 99.2. The van der Waals surface area contributed by atoms with E-state index in [2.05, 4.69) is 0 Å². The molecule has 0 atom stereocenters. The molecular weight excluding hydrogens is 202 g/mol. The molecule has 0 aliphatic heterocycles. The number of rotatable bonds is 0. The Kier molecular flexibility index (Phi) is 23.7. The summed E-state index contributed by atoms with van der Waals surface area (Å²) < 4.78 is 34.1. The van der Waals surface area contributed by atoms with Gasteiger partial charge >= 0.3 is 46.6 Å². The van der Waals surface area contributed by atoms with Gasteiger partial charge in [-0.05, 0) is 0 Å². The van der Waals surface area contributed by atoms with E-state index in [1.54, 1.807) is 0 Å². The quantitative estimate of drug-likeness (QED) is 0.222. The molecule has 0 saturated carbocycles. The fourth-order valence-electron chi connectivity index (χ4n) is 0. The second kappa shape index (κ2) is 8.32. The summed E-state index contributed by atoms with van der Waals surface area (Å²) in [4.78, 5) is 0. The number of hydrogen-bond donors (Lipinski definition) is 0. The van der Waals surface area contributed by atoms with Crippen molar-refractivity contribution in [3.05, 3.63) is 0 Å². The Labute approximate surface area is 78.7 Å². The molecular formula is CuFNaO4S. The largest absolute Gasteiger partial charge is 2.00 e. The molecule has 0 N–H and O–H groups in total. The van der Waals surface area contributed by atoms with Crippen LogP contribution in [0.5, 0.6) is 0 Å². The van der Waals surface area contributed by atoms with Gasteiger partial charge in [-0.25, -0.2) is 0 Å². The van der Waals surface area contributed by atoms with Gasteiger partial charge in [0.05, 0.1) is 0 Å². The molecule has 49 valence electrons. The topological polar surface area (TPSA) is 80.3 Å². The molecule has 0 heterocycles. The van der Waals surface area contributed by atoms with Gasteiger partial charge in [0.25, 0.3) is 0 Å². The summed E-state index contributed by atoms with van der Waals surface area (Å²) in [7, 11) is -5.17. The Hall–Kier alpha value is 1.32. The van der Waals surface area contributed by atoms with E-state index in [1.807, 2.05) is 0 Å². The summed E-state index contributed by atoms with van der Waals surface area (Å²) in [6.07, 6.45) is 0. The van der Waals surface area contributed by atoms with E-state index in [4.69, 9.17) is 17.5 Å². The van der Waals surface area contributed by atoms with Gasteiger partial charge in [0.15, 0.2) is 0 Å². The molecule has 0 saturated heterocycles. The van der Waals surface area contributed by atoms with E-state index >= 15 is 0 Å². The zero-order valence-corrected chi connectivity index (χ0v) is 7.48. The molecule has 8 heteroatoms. The van der Waals surface area contributed by atoms with Crippen LogP contribution in [0.25, 0.3) is 0 Å². The van der Waals surface area contributed by atoms with E-state index < -0.39 is 10.4 Å². The molecule has 0 fully saturated rings. The zero-order valence-electron chi connectivity index (χ0n) is 3.72. The first-order valence-corrected chi connectivity index (χ1v) is 2.00. The van der Waals surface area contributed by atoms with E-state index in [0.717, 1.165) is 0 Å². The van der Waals surface area contributed by atoms with Crippen molar-refractivity contribution in [2.45, 2.75) is 0 Å². The van der Waals surface area contributed by atoms with Crippen LogP contribution in [0.4, 0.5) is 0 Å². The van der Waals surface area contributed by atoms with Crippen molar-refractivity contribution < 1.29 is 68.9 Å². The van der Waals surface area contributed by atoms with Crippen LogP contribution < -0.4 is 34.3 Å². The van der Waals surface area contributed by atoms with Crippen molar-refractivity contribution >= 4 is 10.4 Å². The smallest absolute Gasteiger partial charge is 1.00 e.